The zero-order valence-corrected chi connectivity index (χ0v) is 10.2. The summed E-state index contributed by atoms with van der Waals surface area (Å²) in [6.45, 7) is 0.693. The molecule has 1 aliphatic rings. The zero-order valence-electron chi connectivity index (χ0n) is 9.39. The Labute approximate surface area is 103 Å². The number of carboxylic acid groups (broad SMARTS) is 1. The third-order valence-corrected chi connectivity index (χ3v) is 3.59. The Hall–Kier alpha value is -1.43. The number of thiazole rings is 1. The molecule has 1 aliphatic heterocycles. The van der Waals surface area contributed by atoms with Crippen molar-refractivity contribution in [2.75, 3.05) is 11.4 Å². The van der Waals surface area contributed by atoms with Crippen LogP contribution in [0.1, 0.15) is 31.4 Å². The number of carboxylic acids is 1. The lowest BCUT2D eigenvalue weighted by Crippen LogP contribution is -2.29. The van der Waals surface area contributed by atoms with E-state index in [-0.39, 0.29) is 12.3 Å². The SMILES string of the molecule is O=C(O)Cc1csc(N2CCCCCC2=O)n1. The van der Waals surface area contributed by atoms with Gasteiger partial charge in [0.25, 0.3) is 0 Å². The first kappa shape index (κ1) is 12.0. The van der Waals surface area contributed by atoms with E-state index in [1.165, 1.54) is 11.3 Å². The maximum Gasteiger partial charge on any atom is 0.309 e. The first-order chi connectivity index (χ1) is 8.16. The van der Waals surface area contributed by atoms with Crippen LogP contribution in [0.4, 0.5) is 5.13 Å². The van der Waals surface area contributed by atoms with Crippen LogP contribution >= 0.6 is 11.3 Å². The number of nitrogens with zero attached hydrogens (tertiary/aromatic N) is 2. The minimum absolute atomic E-state index is 0.0848. The van der Waals surface area contributed by atoms with Crippen LogP contribution in [-0.2, 0) is 16.0 Å². The Morgan fingerprint density at radius 2 is 2.29 bits per heavy atom. The van der Waals surface area contributed by atoms with Crippen LogP contribution in [0, 0.1) is 0 Å². The molecule has 0 aromatic carbocycles. The average molecular weight is 254 g/mol. The van der Waals surface area contributed by atoms with Gasteiger partial charge in [0.2, 0.25) is 5.91 Å². The van der Waals surface area contributed by atoms with Crippen molar-refractivity contribution in [3.8, 4) is 0 Å². The van der Waals surface area contributed by atoms with E-state index in [0.29, 0.717) is 23.8 Å². The van der Waals surface area contributed by atoms with Gasteiger partial charge in [-0.1, -0.05) is 6.42 Å². The van der Waals surface area contributed by atoms with Gasteiger partial charge in [0, 0.05) is 18.3 Å². The highest BCUT2D eigenvalue weighted by atomic mass is 32.1. The fourth-order valence-corrected chi connectivity index (χ4v) is 2.71. The summed E-state index contributed by atoms with van der Waals surface area (Å²) in [5, 5.41) is 11.0. The van der Waals surface area contributed by atoms with Gasteiger partial charge in [-0.3, -0.25) is 14.5 Å². The largest absolute Gasteiger partial charge is 0.481 e. The highest BCUT2D eigenvalue weighted by molar-refractivity contribution is 7.14. The third-order valence-electron chi connectivity index (χ3n) is 2.68. The number of carbonyl (C=O) groups is 2. The molecule has 1 amide bonds. The molecule has 0 atom stereocenters. The van der Waals surface area contributed by atoms with Gasteiger partial charge in [0.1, 0.15) is 0 Å². The van der Waals surface area contributed by atoms with Gasteiger partial charge in [0.15, 0.2) is 5.13 Å². The Morgan fingerprint density at radius 1 is 1.47 bits per heavy atom. The highest BCUT2D eigenvalue weighted by Crippen LogP contribution is 2.24. The second kappa shape index (κ2) is 5.27. The van der Waals surface area contributed by atoms with Crippen LogP contribution in [0.25, 0.3) is 0 Å². The van der Waals surface area contributed by atoms with E-state index in [1.807, 2.05) is 0 Å². The van der Waals surface area contributed by atoms with Crippen LogP contribution in [0.3, 0.4) is 0 Å². The van der Waals surface area contributed by atoms with Crippen LogP contribution in [0.5, 0.6) is 0 Å². The Bertz CT molecular complexity index is 430. The van der Waals surface area contributed by atoms with Crippen molar-refractivity contribution in [1.82, 2.24) is 4.98 Å². The van der Waals surface area contributed by atoms with E-state index >= 15 is 0 Å². The number of carbonyl (C=O) groups excluding carboxylic acids is 1. The van der Waals surface area contributed by atoms with E-state index < -0.39 is 5.97 Å². The molecule has 2 rings (SSSR count). The summed E-state index contributed by atoms with van der Waals surface area (Å²) in [5.74, 6) is -0.803. The highest BCUT2D eigenvalue weighted by Gasteiger charge is 2.21. The van der Waals surface area contributed by atoms with E-state index in [9.17, 15) is 9.59 Å². The topological polar surface area (TPSA) is 70.5 Å². The van der Waals surface area contributed by atoms with Crippen molar-refractivity contribution >= 4 is 28.3 Å². The summed E-state index contributed by atoms with van der Waals surface area (Å²) in [6.07, 6.45) is 3.46. The molecular formula is C11H14N2O3S. The molecule has 17 heavy (non-hydrogen) atoms. The number of anilines is 1. The molecule has 1 N–H and O–H groups in total. The summed E-state index contributed by atoms with van der Waals surface area (Å²) < 4.78 is 0. The summed E-state index contributed by atoms with van der Waals surface area (Å²) in [7, 11) is 0. The number of rotatable bonds is 3. The van der Waals surface area contributed by atoms with Gasteiger partial charge in [-0.2, -0.15) is 0 Å². The minimum atomic E-state index is -0.899. The van der Waals surface area contributed by atoms with Crippen molar-refractivity contribution in [3.05, 3.63) is 11.1 Å². The second-order valence-corrected chi connectivity index (χ2v) is 4.88. The van der Waals surface area contributed by atoms with Gasteiger partial charge < -0.3 is 5.11 Å². The van der Waals surface area contributed by atoms with Gasteiger partial charge in [-0.15, -0.1) is 11.3 Å². The predicted octanol–water partition coefficient (Wildman–Crippen LogP) is 1.68. The lowest BCUT2D eigenvalue weighted by atomic mass is 10.2. The van der Waals surface area contributed by atoms with Crippen molar-refractivity contribution in [2.45, 2.75) is 32.1 Å². The molecule has 1 aromatic heterocycles. The summed E-state index contributed by atoms with van der Waals surface area (Å²) in [4.78, 5) is 28.3. The number of amides is 1. The second-order valence-electron chi connectivity index (χ2n) is 4.05. The van der Waals surface area contributed by atoms with E-state index in [0.717, 1.165) is 19.3 Å². The molecule has 0 radical (unpaired) electrons. The van der Waals surface area contributed by atoms with Crippen LogP contribution in [0.2, 0.25) is 0 Å². The maximum atomic E-state index is 11.8. The van der Waals surface area contributed by atoms with Crippen molar-refractivity contribution in [2.24, 2.45) is 0 Å². The number of hydrogen-bond acceptors (Lipinski definition) is 4. The Balaban J connectivity index is 2.12. The molecule has 5 nitrogen and oxygen atoms in total. The molecular weight excluding hydrogens is 240 g/mol. The standard InChI is InChI=1S/C11H14N2O3S/c14-9-4-2-1-3-5-13(9)11-12-8(7-17-11)6-10(15)16/h7H,1-6H2,(H,15,16). The normalized spacial score (nSPS) is 16.9. The molecule has 0 aliphatic carbocycles. The summed E-state index contributed by atoms with van der Waals surface area (Å²) >= 11 is 1.34. The fourth-order valence-electron chi connectivity index (χ4n) is 1.84. The van der Waals surface area contributed by atoms with Gasteiger partial charge >= 0.3 is 5.97 Å². The van der Waals surface area contributed by atoms with Crippen LogP contribution in [0.15, 0.2) is 5.38 Å². The lowest BCUT2D eigenvalue weighted by Gasteiger charge is -2.16. The predicted molar refractivity (Wildman–Crippen MR) is 64.3 cm³/mol. The molecule has 1 saturated heterocycles. The van der Waals surface area contributed by atoms with Gasteiger partial charge in [-0.25, -0.2) is 4.98 Å². The monoisotopic (exact) mass is 254 g/mol. The van der Waals surface area contributed by atoms with E-state index in [1.54, 1.807) is 10.3 Å². The molecule has 2 heterocycles. The van der Waals surface area contributed by atoms with Crippen molar-refractivity contribution < 1.29 is 14.7 Å². The minimum Gasteiger partial charge on any atom is -0.481 e. The molecule has 6 heteroatoms. The number of hydrogen-bond donors (Lipinski definition) is 1. The first-order valence-electron chi connectivity index (χ1n) is 5.63. The zero-order chi connectivity index (χ0) is 12.3. The number of aliphatic carboxylic acids is 1. The quantitative estimate of drug-likeness (QED) is 0.890. The molecule has 0 unspecified atom stereocenters. The van der Waals surface area contributed by atoms with E-state index in [2.05, 4.69) is 4.98 Å². The van der Waals surface area contributed by atoms with Crippen LogP contribution < -0.4 is 4.90 Å². The van der Waals surface area contributed by atoms with Crippen LogP contribution in [-0.4, -0.2) is 28.5 Å². The van der Waals surface area contributed by atoms with Crippen molar-refractivity contribution in [1.29, 1.82) is 0 Å². The fraction of sp³-hybridized carbons (Fsp3) is 0.545. The lowest BCUT2D eigenvalue weighted by molar-refractivity contribution is -0.136. The molecule has 1 aromatic rings. The smallest absolute Gasteiger partial charge is 0.309 e. The van der Waals surface area contributed by atoms with Gasteiger partial charge in [0.05, 0.1) is 12.1 Å². The molecule has 0 saturated carbocycles. The van der Waals surface area contributed by atoms with Crippen molar-refractivity contribution in [3.63, 3.8) is 0 Å². The summed E-state index contributed by atoms with van der Waals surface area (Å²) in [5.41, 5.74) is 0.523. The number of aromatic nitrogens is 1. The molecule has 0 spiro atoms. The van der Waals surface area contributed by atoms with E-state index in [4.69, 9.17) is 5.11 Å². The Kier molecular flexibility index (Phi) is 3.73. The Morgan fingerprint density at radius 3 is 3.06 bits per heavy atom. The average Bonchev–Trinajstić information content (AvgIpc) is 2.59. The molecule has 1 fully saturated rings. The maximum absolute atomic E-state index is 11.8. The third kappa shape index (κ3) is 3.03. The first-order valence-corrected chi connectivity index (χ1v) is 6.51. The molecule has 0 bridgehead atoms. The molecule has 92 valence electrons. The summed E-state index contributed by atoms with van der Waals surface area (Å²) in [6, 6.07) is 0. The van der Waals surface area contributed by atoms with Gasteiger partial charge in [-0.05, 0) is 12.8 Å².